The molecule has 0 spiro atoms. The van der Waals surface area contributed by atoms with Crippen LogP contribution in [0.2, 0.25) is 0 Å². The molecule has 1 N–H and O–H groups in total. The highest BCUT2D eigenvalue weighted by molar-refractivity contribution is 5.06. The minimum absolute atomic E-state index is 0.740. The average molecular weight is 140 g/mol. The van der Waals surface area contributed by atoms with Crippen molar-refractivity contribution >= 4 is 0 Å². The molecule has 0 saturated carbocycles. The molecule has 0 radical (unpaired) electrons. The van der Waals surface area contributed by atoms with E-state index in [9.17, 15) is 0 Å². The SMILES string of the molecule is COCCc1cc(C)[nH]n1. The van der Waals surface area contributed by atoms with E-state index in [-0.39, 0.29) is 0 Å². The fraction of sp³-hybridized carbons (Fsp3) is 0.571. The molecule has 1 aromatic rings. The van der Waals surface area contributed by atoms with Crippen LogP contribution in [0, 0.1) is 6.92 Å². The molecular formula is C7H12N2O. The number of hydrogen-bond donors (Lipinski definition) is 1. The number of ether oxygens (including phenoxy) is 1. The van der Waals surface area contributed by atoms with Gasteiger partial charge < -0.3 is 4.74 Å². The third-order valence-corrected chi connectivity index (χ3v) is 1.32. The van der Waals surface area contributed by atoms with E-state index in [4.69, 9.17) is 4.74 Å². The van der Waals surface area contributed by atoms with Crippen LogP contribution in [-0.2, 0) is 11.2 Å². The normalized spacial score (nSPS) is 10.2. The maximum Gasteiger partial charge on any atom is 0.0647 e. The average Bonchev–Trinajstić information content (AvgIpc) is 2.31. The summed E-state index contributed by atoms with van der Waals surface area (Å²) >= 11 is 0. The molecule has 56 valence electrons. The van der Waals surface area contributed by atoms with E-state index in [1.165, 1.54) is 0 Å². The predicted molar refractivity (Wildman–Crippen MR) is 38.9 cm³/mol. The maximum atomic E-state index is 4.90. The molecule has 0 aliphatic carbocycles. The van der Waals surface area contributed by atoms with Gasteiger partial charge in [-0.3, -0.25) is 5.10 Å². The summed E-state index contributed by atoms with van der Waals surface area (Å²) in [5, 5.41) is 6.92. The first-order valence-corrected chi connectivity index (χ1v) is 3.33. The van der Waals surface area contributed by atoms with Gasteiger partial charge in [0.15, 0.2) is 0 Å². The van der Waals surface area contributed by atoms with Crippen LogP contribution in [0.4, 0.5) is 0 Å². The number of rotatable bonds is 3. The van der Waals surface area contributed by atoms with Crippen molar-refractivity contribution in [2.24, 2.45) is 0 Å². The smallest absolute Gasteiger partial charge is 0.0647 e. The largest absolute Gasteiger partial charge is 0.384 e. The van der Waals surface area contributed by atoms with Gasteiger partial charge in [0.05, 0.1) is 12.3 Å². The van der Waals surface area contributed by atoms with Crippen LogP contribution in [0.3, 0.4) is 0 Å². The van der Waals surface area contributed by atoms with Crippen LogP contribution in [0.5, 0.6) is 0 Å². The van der Waals surface area contributed by atoms with Gasteiger partial charge in [0.25, 0.3) is 0 Å². The minimum atomic E-state index is 0.740. The van der Waals surface area contributed by atoms with Gasteiger partial charge in [-0.1, -0.05) is 0 Å². The Morgan fingerprint density at radius 3 is 3.00 bits per heavy atom. The molecular weight excluding hydrogens is 128 g/mol. The predicted octanol–water partition coefficient (Wildman–Crippen LogP) is 0.907. The van der Waals surface area contributed by atoms with Crippen molar-refractivity contribution in [2.75, 3.05) is 13.7 Å². The van der Waals surface area contributed by atoms with Crippen LogP contribution >= 0.6 is 0 Å². The van der Waals surface area contributed by atoms with Crippen molar-refractivity contribution in [1.29, 1.82) is 0 Å². The highest BCUT2D eigenvalue weighted by Crippen LogP contribution is 1.97. The molecule has 10 heavy (non-hydrogen) atoms. The van der Waals surface area contributed by atoms with Crippen LogP contribution < -0.4 is 0 Å². The molecule has 3 nitrogen and oxygen atoms in total. The molecule has 0 aliphatic rings. The Labute approximate surface area is 60.4 Å². The Morgan fingerprint density at radius 1 is 1.70 bits per heavy atom. The van der Waals surface area contributed by atoms with Gasteiger partial charge >= 0.3 is 0 Å². The Bertz CT molecular complexity index is 195. The van der Waals surface area contributed by atoms with Gasteiger partial charge in [0.1, 0.15) is 0 Å². The summed E-state index contributed by atoms with van der Waals surface area (Å²) in [6, 6.07) is 2.03. The maximum absolute atomic E-state index is 4.90. The molecule has 1 aromatic heterocycles. The van der Waals surface area contributed by atoms with Crippen molar-refractivity contribution in [3.05, 3.63) is 17.5 Å². The zero-order chi connectivity index (χ0) is 7.40. The summed E-state index contributed by atoms with van der Waals surface area (Å²) < 4.78 is 4.90. The van der Waals surface area contributed by atoms with Gasteiger partial charge in [-0.05, 0) is 13.0 Å². The highest BCUT2D eigenvalue weighted by Gasteiger charge is 1.95. The van der Waals surface area contributed by atoms with E-state index in [1.807, 2.05) is 13.0 Å². The van der Waals surface area contributed by atoms with E-state index in [0.29, 0.717) is 0 Å². The van der Waals surface area contributed by atoms with E-state index in [2.05, 4.69) is 10.2 Å². The third kappa shape index (κ3) is 1.84. The van der Waals surface area contributed by atoms with Crippen LogP contribution in [0.15, 0.2) is 6.07 Å². The molecule has 0 bridgehead atoms. The van der Waals surface area contributed by atoms with Crippen molar-refractivity contribution in [1.82, 2.24) is 10.2 Å². The number of aryl methyl sites for hydroxylation is 1. The fourth-order valence-corrected chi connectivity index (χ4v) is 0.809. The van der Waals surface area contributed by atoms with Crippen LogP contribution in [0.25, 0.3) is 0 Å². The molecule has 0 fully saturated rings. The number of hydrogen-bond acceptors (Lipinski definition) is 2. The monoisotopic (exact) mass is 140 g/mol. The molecule has 0 amide bonds. The lowest BCUT2D eigenvalue weighted by molar-refractivity contribution is 0.201. The second-order valence-corrected chi connectivity index (χ2v) is 2.29. The zero-order valence-electron chi connectivity index (χ0n) is 6.35. The number of nitrogens with zero attached hydrogens (tertiary/aromatic N) is 1. The van der Waals surface area contributed by atoms with Crippen LogP contribution in [0.1, 0.15) is 11.4 Å². The van der Waals surface area contributed by atoms with Crippen molar-refractivity contribution in [2.45, 2.75) is 13.3 Å². The second-order valence-electron chi connectivity index (χ2n) is 2.29. The van der Waals surface area contributed by atoms with E-state index in [0.717, 1.165) is 24.4 Å². The van der Waals surface area contributed by atoms with E-state index >= 15 is 0 Å². The molecule has 0 atom stereocenters. The number of H-pyrrole nitrogens is 1. The third-order valence-electron chi connectivity index (χ3n) is 1.32. The summed E-state index contributed by atoms with van der Waals surface area (Å²) in [7, 11) is 1.69. The molecule has 0 aromatic carbocycles. The van der Waals surface area contributed by atoms with Crippen LogP contribution in [-0.4, -0.2) is 23.9 Å². The van der Waals surface area contributed by atoms with Crippen molar-refractivity contribution < 1.29 is 4.74 Å². The van der Waals surface area contributed by atoms with E-state index < -0.39 is 0 Å². The quantitative estimate of drug-likeness (QED) is 0.677. The first kappa shape index (κ1) is 7.28. The highest BCUT2D eigenvalue weighted by atomic mass is 16.5. The number of aromatic amines is 1. The summed E-state index contributed by atoms with van der Waals surface area (Å²) in [6.07, 6.45) is 0.890. The lowest BCUT2D eigenvalue weighted by atomic mass is 10.3. The van der Waals surface area contributed by atoms with Gasteiger partial charge in [-0.2, -0.15) is 5.10 Å². The lowest BCUT2D eigenvalue weighted by Crippen LogP contribution is -1.93. The van der Waals surface area contributed by atoms with E-state index in [1.54, 1.807) is 7.11 Å². The summed E-state index contributed by atoms with van der Waals surface area (Å²) in [5.41, 5.74) is 2.17. The van der Waals surface area contributed by atoms with Gasteiger partial charge in [-0.15, -0.1) is 0 Å². The standard InChI is InChI=1S/C7H12N2O/c1-6-5-7(9-8-6)3-4-10-2/h5H,3-4H2,1-2H3,(H,8,9). The summed E-state index contributed by atoms with van der Waals surface area (Å²) in [5.74, 6) is 0. The molecule has 0 aliphatic heterocycles. The molecule has 0 saturated heterocycles. The Hall–Kier alpha value is -0.830. The summed E-state index contributed by atoms with van der Waals surface area (Å²) in [4.78, 5) is 0. The molecule has 0 unspecified atom stereocenters. The van der Waals surface area contributed by atoms with Gasteiger partial charge in [0.2, 0.25) is 0 Å². The summed E-state index contributed by atoms with van der Waals surface area (Å²) in [6.45, 7) is 2.73. The zero-order valence-corrected chi connectivity index (χ0v) is 6.35. The molecule has 3 heteroatoms. The van der Waals surface area contributed by atoms with Crippen molar-refractivity contribution in [3.8, 4) is 0 Å². The van der Waals surface area contributed by atoms with Crippen molar-refractivity contribution in [3.63, 3.8) is 0 Å². The first-order valence-electron chi connectivity index (χ1n) is 3.33. The Balaban J connectivity index is 2.42. The topological polar surface area (TPSA) is 37.9 Å². The molecule has 1 heterocycles. The Morgan fingerprint density at radius 2 is 2.50 bits per heavy atom. The Kier molecular flexibility index (Phi) is 2.45. The van der Waals surface area contributed by atoms with Gasteiger partial charge in [0, 0.05) is 19.2 Å². The lowest BCUT2D eigenvalue weighted by Gasteiger charge is -1.91. The fourth-order valence-electron chi connectivity index (χ4n) is 0.809. The first-order chi connectivity index (χ1) is 4.83. The minimum Gasteiger partial charge on any atom is -0.384 e. The number of methoxy groups -OCH3 is 1. The number of aromatic nitrogens is 2. The molecule has 1 rings (SSSR count). The number of nitrogens with one attached hydrogen (secondary N) is 1. The second kappa shape index (κ2) is 3.37. The van der Waals surface area contributed by atoms with Gasteiger partial charge in [-0.25, -0.2) is 0 Å².